The van der Waals surface area contributed by atoms with Gasteiger partial charge in [0.15, 0.2) is 0 Å². The van der Waals surface area contributed by atoms with Crippen molar-refractivity contribution in [2.45, 2.75) is 38.8 Å². The lowest BCUT2D eigenvalue weighted by atomic mass is 9.97. The first-order valence-electron chi connectivity index (χ1n) is 4.54. The van der Waals surface area contributed by atoms with E-state index in [1.807, 2.05) is 13.8 Å². The van der Waals surface area contributed by atoms with Gasteiger partial charge in [0.05, 0.1) is 12.5 Å². The largest absolute Gasteiger partial charge is 0.481 e. The SMILES string of the molecule is CN[C@@H](CC(C)C)[C@@H](O)CC(=O)O. The predicted molar refractivity (Wildman–Crippen MR) is 50.6 cm³/mol. The fraction of sp³-hybridized carbons (Fsp3) is 0.889. The Morgan fingerprint density at radius 2 is 2.00 bits per heavy atom. The summed E-state index contributed by atoms with van der Waals surface area (Å²) >= 11 is 0. The molecule has 2 atom stereocenters. The molecular weight excluding hydrogens is 170 g/mol. The molecule has 0 aliphatic carbocycles. The summed E-state index contributed by atoms with van der Waals surface area (Å²) in [5.41, 5.74) is 0. The second-order valence-electron chi connectivity index (χ2n) is 3.69. The fourth-order valence-corrected chi connectivity index (χ4v) is 1.30. The zero-order valence-electron chi connectivity index (χ0n) is 8.45. The van der Waals surface area contributed by atoms with Crippen LogP contribution in [-0.4, -0.2) is 35.4 Å². The van der Waals surface area contributed by atoms with Crippen LogP contribution in [0.1, 0.15) is 26.7 Å². The summed E-state index contributed by atoms with van der Waals surface area (Å²) < 4.78 is 0. The van der Waals surface area contributed by atoms with E-state index in [0.717, 1.165) is 6.42 Å². The van der Waals surface area contributed by atoms with Crippen LogP contribution in [0.25, 0.3) is 0 Å². The summed E-state index contributed by atoms with van der Waals surface area (Å²) in [5.74, 6) is -0.516. The van der Waals surface area contributed by atoms with Gasteiger partial charge in [-0.3, -0.25) is 4.79 Å². The number of hydrogen-bond donors (Lipinski definition) is 3. The summed E-state index contributed by atoms with van der Waals surface area (Å²) in [5, 5.41) is 20.9. The Hall–Kier alpha value is -0.610. The van der Waals surface area contributed by atoms with Crippen molar-refractivity contribution in [3.8, 4) is 0 Å². The first-order valence-corrected chi connectivity index (χ1v) is 4.54. The van der Waals surface area contributed by atoms with Gasteiger partial charge in [-0.05, 0) is 19.4 Å². The van der Waals surface area contributed by atoms with E-state index in [1.165, 1.54) is 0 Å². The maximum atomic E-state index is 10.3. The van der Waals surface area contributed by atoms with Crippen molar-refractivity contribution in [3.63, 3.8) is 0 Å². The van der Waals surface area contributed by atoms with E-state index in [0.29, 0.717) is 5.92 Å². The molecule has 78 valence electrons. The van der Waals surface area contributed by atoms with Crippen LogP contribution in [0.5, 0.6) is 0 Å². The van der Waals surface area contributed by atoms with Gasteiger partial charge in [-0.25, -0.2) is 0 Å². The average Bonchev–Trinajstić information content (AvgIpc) is 1.98. The number of carboxylic acids is 1. The number of likely N-dealkylation sites (N-methyl/N-ethyl adjacent to an activating group) is 1. The van der Waals surface area contributed by atoms with Gasteiger partial charge in [0, 0.05) is 6.04 Å². The van der Waals surface area contributed by atoms with E-state index in [1.54, 1.807) is 7.05 Å². The van der Waals surface area contributed by atoms with Crippen molar-refractivity contribution in [1.29, 1.82) is 0 Å². The molecule has 13 heavy (non-hydrogen) atoms. The third-order valence-electron chi connectivity index (χ3n) is 1.94. The third-order valence-corrected chi connectivity index (χ3v) is 1.94. The molecule has 4 nitrogen and oxygen atoms in total. The highest BCUT2D eigenvalue weighted by molar-refractivity contribution is 5.67. The number of rotatable bonds is 6. The maximum Gasteiger partial charge on any atom is 0.306 e. The minimum absolute atomic E-state index is 0.129. The molecule has 0 unspecified atom stereocenters. The minimum atomic E-state index is -0.962. The second-order valence-corrected chi connectivity index (χ2v) is 3.69. The van der Waals surface area contributed by atoms with Gasteiger partial charge >= 0.3 is 5.97 Å². The molecule has 0 aromatic heterocycles. The smallest absolute Gasteiger partial charge is 0.306 e. The van der Waals surface area contributed by atoms with Crippen LogP contribution >= 0.6 is 0 Å². The zero-order valence-corrected chi connectivity index (χ0v) is 8.45. The molecule has 0 spiro atoms. The van der Waals surface area contributed by atoms with E-state index in [9.17, 15) is 9.90 Å². The van der Waals surface area contributed by atoms with Gasteiger partial charge in [-0.2, -0.15) is 0 Å². The Kier molecular flexibility index (Phi) is 5.66. The van der Waals surface area contributed by atoms with E-state index in [2.05, 4.69) is 5.32 Å². The molecule has 0 saturated heterocycles. The third kappa shape index (κ3) is 5.60. The molecule has 0 aliphatic rings. The average molecular weight is 189 g/mol. The topological polar surface area (TPSA) is 69.6 Å². The van der Waals surface area contributed by atoms with Crippen molar-refractivity contribution in [1.82, 2.24) is 5.32 Å². The Bertz CT molecular complexity index is 159. The first-order chi connectivity index (χ1) is 5.97. The number of nitrogens with one attached hydrogen (secondary N) is 1. The molecule has 0 heterocycles. The molecule has 3 N–H and O–H groups in total. The lowest BCUT2D eigenvalue weighted by Gasteiger charge is -2.22. The number of aliphatic hydroxyl groups excluding tert-OH is 1. The molecular formula is C9H19NO3. The highest BCUT2D eigenvalue weighted by Crippen LogP contribution is 2.10. The van der Waals surface area contributed by atoms with Gasteiger partial charge in [-0.15, -0.1) is 0 Å². The summed E-state index contributed by atoms with van der Waals surface area (Å²) in [7, 11) is 1.73. The highest BCUT2D eigenvalue weighted by atomic mass is 16.4. The van der Waals surface area contributed by atoms with Gasteiger partial charge in [-0.1, -0.05) is 13.8 Å². The summed E-state index contributed by atoms with van der Waals surface area (Å²) in [6, 6.07) is -0.129. The van der Waals surface area contributed by atoms with E-state index in [-0.39, 0.29) is 12.5 Å². The van der Waals surface area contributed by atoms with E-state index < -0.39 is 12.1 Å². The number of carboxylic acid groups (broad SMARTS) is 1. The summed E-state index contributed by atoms with van der Waals surface area (Å²) in [6.45, 7) is 4.08. The first kappa shape index (κ1) is 12.4. The van der Waals surface area contributed by atoms with Crippen molar-refractivity contribution in [2.75, 3.05) is 7.05 Å². The number of carbonyl (C=O) groups is 1. The minimum Gasteiger partial charge on any atom is -0.481 e. The van der Waals surface area contributed by atoms with E-state index in [4.69, 9.17) is 5.11 Å². The van der Waals surface area contributed by atoms with Crippen LogP contribution in [-0.2, 0) is 4.79 Å². The molecule has 0 radical (unpaired) electrons. The van der Waals surface area contributed by atoms with Crippen LogP contribution in [0.3, 0.4) is 0 Å². The lowest BCUT2D eigenvalue weighted by Crippen LogP contribution is -2.39. The van der Waals surface area contributed by atoms with Crippen molar-refractivity contribution in [2.24, 2.45) is 5.92 Å². The number of aliphatic carboxylic acids is 1. The van der Waals surface area contributed by atoms with Crippen LogP contribution in [0.4, 0.5) is 0 Å². The zero-order chi connectivity index (χ0) is 10.4. The van der Waals surface area contributed by atoms with Crippen LogP contribution < -0.4 is 5.32 Å². The molecule has 0 aliphatic heterocycles. The molecule has 0 aromatic rings. The Morgan fingerprint density at radius 1 is 1.46 bits per heavy atom. The van der Waals surface area contributed by atoms with E-state index >= 15 is 0 Å². The normalized spacial score (nSPS) is 15.8. The Labute approximate surface area is 79.0 Å². The Balaban J connectivity index is 3.98. The lowest BCUT2D eigenvalue weighted by molar-refractivity contribution is -0.139. The molecule has 4 heteroatoms. The van der Waals surface area contributed by atoms with Crippen LogP contribution in [0.2, 0.25) is 0 Å². The molecule has 0 rings (SSSR count). The molecule has 0 aromatic carbocycles. The number of hydrogen-bond acceptors (Lipinski definition) is 3. The maximum absolute atomic E-state index is 10.3. The van der Waals surface area contributed by atoms with Gasteiger partial charge in [0.2, 0.25) is 0 Å². The van der Waals surface area contributed by atoms with Crippen molar-refractivity contribution in [3.05, 3.63) is 0 Å². The van der Waals surface area contributed by atoms with Crippen molar-refractivity contribution < 1.29 is 15.0 Å². The van der Waals surface area contributed by atoms with Gasteiger partial charge in [0.1, 0.15) is 0 Å². The van der Waals surface area contributed by atoms with Crippen molar-refractivity contribution >= 4 is 5.97 Å². The quantitative estimate of drug-likeness (QED) is 0.567. The molecule has 0 bridgehead atoms. The number of aliphatic hydroxyl groups is 1. The van der Waals surface area contributed by atoms with Gasteiger partial charge in [0.25, 0.3) is 0 Å². The molecule has 0 amide bonds. The second kappa shape index (κ2) is 5.94. The van der Waals surface area contributed by atoms with Gasteiger partial charge < -0.3 is 15.5 Å². The molecule has 0 fully saturated rings. The fourth-order valence-electron chi connectivity index (χ4n) is 1.30. The summed E-state index contributed by atoms with van der Waals surface area (Å²) in [4.78, 5) is 10.3. The van der Waals surface area contributed by atoms with Crippen LogP contribution in [0, 0.1) is 5.92 Å². The Morgan fingerprint density at radius 3 is 2.31 bits per heavy atom. The van der Waals surface area contributed by atoms with Crippen LogP contribution in [0.15, 0.2) is 0 Å². The monoisotopic (exact) mass is 189 g/mol. The summed E-state index contributed by atoms with van der Waals surface area (Å²) in [6.07, 6.45) is -0.215. The molecule has 0 saturated carbocycles. The predicted octanol–water partition coefficient (Wildman–Crippen LogP) is 0.456. The standard InChI is InChI=1S/C9H19NO3/c1-6(2)4-7(10-3)8(11)5-9(12)13/h6-8,10-11H,4-5H2,1-3H3,(H,12,13)/t7-,8-/m0/s1. The highest BCUT2D eigenvalue weighted by Gasteiger charge is 2.20.